The fourth-order valence-corrected chi connectivity index (χ4v) is 2.03. The smallest absolute Gasteiger partial charge is 0.152 e. The van der Waals surface area contributed by atoms with Gasteiger partial charge in [0.25, 0.3) is 0 Å². The van der Waals surface area contributed by atoms with Crippen molar-refractivity contribution in [3.8, 4) is 0 Å². The summed E-state index contributed by atoms with van der Waals surface area (Å²) < 4.78 is 0. The molecule has 1 aromatic carbocycles. The quantitative estimate of drug-likeness (QED) is 0.759. The number of nitrogens with zero attached hydrogens (tertiary/aromatic N) is 1. The average molecular weight is 202 g/mol. The lowest BCUT2D eigenvalue weighted by molar-refractivity contribution is 0.112. The summed E-state index contributed by atoms with van der Waals surface area (Å²) in [7, 11) is 4.01. The molecule has 3 heteroatoms. The Morgan fingerprint density at radius 3 is 2.67 bits per heavy atom. The molecule has 0 bridgehead atoms. The minimum absolute atomic E-state index is 0.712. The van der Waals surface area contributed by atoms with E-state index < -0.39 is 0 Å². The van der Waals surface area contributed by atoms with Gasteiger partial charge >= 0.3 is 0 Å². The van der Waals surface area contributed by atoms with Crippen LogP contribution in [0.3, 0.4) is 0 Å². The van der Waals surface area contributed by atoms with Gasteiger partial charge in [0.05, 0.1) is 11.2 Å². The lowest BCUT2D eigenvalue weighted by Crippen LogP contribution is -2.09. The zero-order valence-electron chi connectivity index (χ0n) is 9.16. The molecule has 0 spiro atoms. The number of benzene rings is 1. The number of para-hydroxylation sites is 1. The van der Waals surface area contributed by atoms with Crippen molar-refractivity contribution < 1.29 is 4.79 Å². The summed E-state index contributed by atoms with van der Waals surface area (Å²) in [4.78, 5) is 16.2. The van der Waals surface area contributed by atoms with E-state index in [2.05, 4.69) is 9.88 Å². The molecule has 15 heavy (non-hydrogen) atoms. The SMILES string of the molecule is Cc1[nH]c2c(C=O)cccc2c1N(C)C. The Morgan fingerprint density at radius 2 is 2.07 bits per heavy atom. The Morgan fingerprint density at radius 1 is 1.33 bits per heavy atom. The molecule has 0 saturated carbocycles. The molecule has 2 aromatic rings. The molecule has 78 valence electrons. The fraction of sp³-hybridized carbons (Fsp3) is 0.250. The number of hydrogen-bond acceptors (Lipinski definition) is 2. The summed E-state index contributed by atoms with van der Waals surface area (Å²) in [6.45, 7) is 2.02. The Balaban J connectivity index is 2.84. The van der Waals surface area contributed by atoms with E-state index in [1.165, 1.54) is 0 Å². The minimum atomic E-state index is 0.712. The first kappa shape index (κ1) is 9.77. The summed E-state index contributed by atoms with van der Waals surface area (Å²) >= 11 is 0. The summed E-state index contributed by atoms with van der Waals surface area (Å²) in [5.74, 6) is 0. The van der Waals surface area contributed by atoms with E-state index in [0.717, 1.165) is 28.6 Å². The van der Waals surface area contributed by atoms with E-state index in [-0.39, 0.29) is 0 Å². The number of carbonyl (C=O) groups is 1. The van der Waals surface area contributed by atoms with Crippen LogP contribution in [0.15, 0.2) is 18.2 Å². The molecule has 0 aliphatic rings. The molecule has 0 unspecified atom stereocenters. The van der Waals surface area contributed by atoms with Gasteiger partial charge in [-0.3, -0.25) is 4.79 Å². The highest BCUT2D eigenvalue weighted by molar-refractivity contribution is 6.03. The van der Waals surface area contributed by atoms with E-state index in [9.17, 15) is 4.79 Å². The van der Waals surface area contributed by atoms with Gasteiger partial charge in [-0.15, -0.1) is 0 Å². The summed E-state index contributed by atoms with van der Waals surface area (Å²) in [6.07, 6.45) is 0.887. The molecule has 0 fully saturated rings. The van der Waals surface area contributed by atoms with E-state index in [0.29, 0.717) is 5.56 Å². The molecule has 2 rings (SSSR count). The van der Waals surface area contributed by atoms with Gasteiger partial charge in [0.1, 0.15) is 0 Å². The van der Waals surface area contributed by atoms with Crippen LogP contribution in [-0.4, -0.2) is 25.4 Å². The highest BCUT2D eigenvalue weighted by Gasteiger charge is 2.11. The highest BCUT2D eigenvalue weighted by atomic mass is 16.1. The standard InChI is InChI=1S/C12H14N2O/c1-8-12(14(2)3)10-6-4-5-9(7-15)11(10)13-8/h4-7,13H,1-3H3. The second-order valence-electron chi connectivity index (χ2n) is 3.88. The third kappa shape index (κ3) is 1.40. The number of hydrogen-bond donors (Lipinski definition) is 1. The van der Waals surface area contributed by atoms with Gasteiger partial charge < -0.3 is 9.88 Å². The number of H-pyrrole nitrogens is 1. The monoisotopic (exact) mass is 202 g/mol. The minimum Gasteiger partial charge on any atom is -0.376 e. The number of aldehydes is 1. The van der Waals surface area contributed by atoms with E-state index in [1.54, 1.807) is 0 Å². The number of aromatic nitrogens is 1. The molecular formula is C12H14N2O. The maximum atomic E-state index is 10.9. The summed E-state index contributed by atoms with van der Waals surface area (Å²) in [5, 5.41) is 1.10. The molecule has 3 nitrogen and oxygen atoms in total. The first-order valence-corrected chi connectivity index (χ1v) is 4.89. The second kappa shape index (κ2) is 3.42. The lowest BCUT2D eigenvalue weighted by atomic mass is 10.1. The average Bonchev–Trinajstić information content (AvgIpc) is 2.53. The maximum absolute atomic E-state index is 10.9. The third-order valence-electron chi connectivity index (χ3n) is 2.59. The van der Waals surface area contributed by atoms with Crippen molar-refractivity contribution in [2.75, 3.05) is 19.0 Å². The molecule has 0 amide bonds. The number of carbonyl (C=O) groups excluding carboxylic acids is 1. The zero-order chi connectivity index (χ0) is 11.0. The first-order valence-electron chi connectivity index (χ1n) is 4.89. The second-order valence-corrected chi connectivity index (χ2v) is 3.88. The van der Waals surface area contributed by atoms with Crippen molar-refractivity contribution in [2.45, 2.75) is 6.92 Å². The van der Waals surface area contributed by atoms with Gasteiger partial charge in [-0.2, -0.15) is 0 Å². The van der Waals surface area contributed by atoms with Gasteiger partial charge in [-0.05, 0) is 13.0 Å². The molecule has 1 N–H and O–H groups in total. The number of aromatic amines is 1. The number of rotatable bonds is 2. The van der Waals surface area contributed by atoms with Crippen LogP contribution in [0, 0.1) is 6.92 Å². The summed E-state index contributed by atoms with van der Waals surface area (Å²) in [6, 6.07) is 5.76. The van der Waals surface area contributed by atoms with Crippen LogP contribution < -0.4 is 4.90 Å². The predicted octanol–water partition coefficient (Wildman–Crippen LogP) is 2.35. The lowest BCUT2D eigenvalue weighted by Gasteiger charge is -2.12. The van der Waals surface area contributed by atoms with Crippen molar-refractivity contribution in [1.29, 1.82) is 0 Å². The topological polar surface area (TPSA) is 36.1 Å². The van der Waals surface area contributed by atoms with Crippen molar-refractivity contribution in [2.24, 2.45) is 0 Å². The number of anilines is 1. The Kier molecular flexibility index (Phi) is 2.23. The number of aryl methyl sites for hydroxylation is 1. The van der Waals surface area contributed by atoms with Crippen LogP contribution in [0.1, 0.15) is 16.1 Å². The summed E-state index contributed by atoms with van der Waals surface area (Å²) in [5.41, 5.74) is 3.87. The first-order chi connectivity index (χ1) is 7.15. The Bertz CT molecular complexity index is 512. The Hall–Kier alpha value is -1.77. The number of fused-ring (bicyclic) bond motifs is 1. The van der Waals surface area contributed by atoms with Crippen LogP contribution >= 0.6 is 0 Å². The van der Waals surface area contributed by atoms with Crippen molar-refractivity contribution >= 4 is 22.9 Å². The van der Waals surface area contributed by atoms with Gasteiger partial charge in [0.2, 0.25) is 0 Å². The Labute approximate surface area is 88.7 Å². The maximum Gasteiger partial charge on any atom is 0.152 e. The van der Waals surface area contributed by atoms with E-state index in [4.69, 9.17) is 0 Å². The van der Waals surface area contributed by atoms with Crippen molar-refractivity contribution in [3.63, 3.8) is 0 Å². The molecule has 0 saturated heterocycles. The van der Waals surface area contributed by atoms with Crippen molar-refractivity contribution in [1.82, 2.24) is 4.98 Å². The van der Waals surface area contributed by atoms with Crippen molar-refractivity contribution in [3.05, 3.63) is 29.5 Å². The van der Waals surface area contributed by atoms with Gasteiger partial charge in [-0.1, -0.05) is 12.1 Å². The molecule has 1 heterocycles. The van der Waals surface area contributed by atoms with Crippen LogP contribution in [0.25, 0.3) is 10.9 Å². The normalized spacial score (nSPS) is 10.6. The van der Waals surface area contributed by atoms with Gasteiger partial charge in [0.15, 0.2) is 6.29 Å². The van der Waals surface area contributed by atoms with Crippen LogP contribution in [-0.2, 0) is 0 Å². The highest BCUT2D eigenvalue weighted by Crippen LogP contribution is 2.30. The van der Waals surface area contributed by atoms with Crippen LogP contribution in [0.4, 0.5) is 5.69 Å². The molecular weight excluding hydrogens is 188 g/mol. The molecule has 0 atom stereocenters. The van der Waals surface area contributed by atoms with Crippen LogP contribution in [0.5, 0.6) is 0 Å². The number of nitrogens with one attached hydrogen (secondary N) is 1. The molecule has 0 aliphatic heterocycles. The van der Waals surface area contributed by atoms with E-state index >= 15 is 0 Å². The molecule has 0 aliphatic carbocycles. The van der Waals surface area contributed by atoms with Gasteiger partial charge in [-0.25, -0.2) is 0 Å². The largest absolute Gasteiger partial charge is 0.376 e. The predicted molar refractivity (Wildman–Crippen MR) is 62.8 cm³/mol. The van der Waals surface area contributed by atoms with Crippen LogP contribution in [0.2, 0.25) is 0 Å². The third-order valence-corrected chi connectivity index (χ3v) is 2.59. The molecule has 0 radical (unpaired) electrons. The fourth-order valence-electron chi connectivity index (χ4n) is 2.03. The van der Waals surface area contributed by atoms with E-state index in [1.807, 2.05) is 39.2 Å². The molecule has 1 aromatic heterocycles. The zero-order valence-corrected chi connectivity index (χ0v) is 9.16. The van der Waals surface area contributed by atoms with Gasteiger partial charge in [0, 0.05) is 30.7 Å².